The lowest BCUT2D eigenvalue weighted by molar-refractivity contribution is 0.397. The fourth-order valence-electron chi connectivity index (χ4n) is 1.68. The van der Waals surface area contributed by atoms with Gasteiger partial charge in [-0.3, -0.25) is 0 Å². The van der Waals surface area contributed by atoms with Crippen LogP contribution in [0, 0.1) is 0 Å². The van der Waals surface area contributed by atoms with Crippen LogP contribution in [0.25, 0.3) is 0 Å². The Labute approximate surface area is 120 Å². The number of methoxy groups -OCH3 is 1. The van der Waals surface area contributed by atoms with Crippen LogP contribution in [0.5, 0.6) is 5.88 Å². The maximum Gasteiger partial charge on any atom is 0.225 e. The molecule has 0 aliphatic carbocycles. The van der Waals surface area contributed by atoms with E-state index in [0.717, 1.165) is 16.8 Å². The van der Waals surface area contributed by atoms with Crippen molar-refractivity contribution in [2.45, 2.75) is 6.54 Å². The summed E-state index contributed by atoms with van der Waals surface area (Å²) in [7, 11) is 3.50. The Morgan fingerprint density at radius 3 is 2.58 bits per heavy atom. The molecular formula is C13H15BrN4O. The number of nitrogen functional groups attached to an aromatic ring is 1. The molecule has 1 aromatic carbocycles. The Hall–Kier alpha value is -1.82. The number of anilines is 2. The summed E-state index contributed by atoms with van der Waals surface area (Å²) in [4.78, 5) is 10.2. The van der Waals surface area contributed by atoms with Gasteiger partial charge in [0, 0.05) is 24.1 Å². The number of rotatable bonds is 4. The minimum Gasteiger partial charge on any atom is -0.481 e. The van der Waals surface area contributed by atoms with Gasteiger partial charge in [-0.05, 0) is 17.7 Å². The van der Waals surface area contributed by atoms with E-state index in [4.69, 9.17) is 10.5 Å². The normalized spacial score (nSPS) is 10.3. The quantitative estimate of drug-likeness (QED) is 0.936. The molecular weight excluding hydrogens is 308 g/mol. The third-order valence-corrected chi connectivity index (χ3v) is 3.17. The first kappa shape index (κ1) is 13.6. The Kier molecular flexibility index (Phi) is 4.21. The summed E-state index contributed by atoms with van der Waals surface area (Å²) in [6.45, 7) is 0.729. The van der Waals surface area contributed by atoms with Gasteiger partial charge in [0.15, 0.2) is 0 Å². The topological polar surface area (TPSA) is 64.3 Å². The van der Waals surface area contributed by atoms with Crippen LogP contribution in [-0.2, 0) is 6.54 Å². The number of halogens is 1. The average Bonchev–Trinajstić information content (AvgIpc) is 2.40. The maximum atomic E-state index is 5.65. The van der Waals surface area contributed by atoms with Gasteiger partial charge in [0.2, 0.25) is 11.8 Å². The first-order valence-electron chi connectivity index (χ1n) is 5.72. The summed E-state index contributed by atoms with van der Waals surface area (Å²) < 4.78 is 6.15. The van der Waals surface area contributed by atoms with E-state index in [1.165, 1.54) is 5.56 Å². The Balaban J connectivity index is 2.17. The van der Waals surface area contributed by atoms with E-state index in [1.54, 1.807) is 13.2 Å². The van der Waals surface area contributed by atoms with Crippen LogP contribution in [-0.4, -0.2) is 24.1 Å². The number of hydrogen-bond acceptors (Lipinski definition) is 5. The lowest BCUT2D eigenvalue weighted by atomic mass is 10.2. The molecule has 0 bridgehead atoms. The van der Waals surface area contributed by atoms with Gasteiger partial charge in [-0.15, -0.1) is 0 Å². The van der Waals surface area contributed by atoms with Crippen LogP contribution in [0.1, 0.15) is 5.56 Å². The molecule has 0 unspecified atom stereocenters. The molecule has 0 amide bonds. The number of ether oxygens (including phenoxy) is 1. The van der Waals surface area contributed by atoms with Crippen LogP contribution >= 0.6 is 15.9 Å². The monoisotopic (exact) mass is 322 g/mol. The number of benzene rings is 1. The van der Waals surface area contributed by atoms with E-state index < -0.39 is 0 Å². The van der Waals surface area contributed by atoms with Gasteiger partial charge in [-0.1, -0.05) is 28.1 Å². The lowest BCUT2D eigenvalue weighted by Gasteiger charge is -2.18. The maximum absolute atomic E-state index is 5.65. The fourth-order valence-corrected chi connectivity index (χ4v) is 1.94. The number of nitrogens with zero attached hydrogens (tertiary/aromatic N) is 3. The third kappa shape index (κ3) is 3.57. The molecule has 0 aliphatic rings. The summed E-state index contributed by atoms with van der Waals surface area (Å²) >= 11 is 3.42. The molecule has 2 rings (SSSR count). The van der Waals surface area contributed by atoms with Gasteiger partial charge in [0.1, 0.15) is 5.82 Å². The molecule has 0 saturated carbocycles. The lowest BCUT2D eigenvalue weighted by Crippen LogP contribution is -2.18. The molecule has 19 heavy (non-hydrogen) atoms. The van der Waals surface area contributed by atoms with Crippen LogP contribution in [0.15, 0.2) is 34.8 Å². The average molecular weight is 323 g/mol. The van der Waals surface area contributed by atoms with Gasteiger partial charge < -0.3 is 15.4 Å². The van der Waals surface area contributed by atoms with E-state index in [-0.39, 0.29) is 5.95 Å². The molecule has 1 aromatic heterocycles. The molecule has 6 heteroatoms. The van der Waals surface area contributed by atoms with Crippen molar-refractivity contribution in [2.75, 3.05) is 24.8 Å². The zero-order valence-corrected chi connectivity index (χ0v) is 12.4. The first-order chi connectivity index (χ1) is 9.08. The van der Waals surface area contributed by atoms with Crippen molar-refractivity contribution < 1.29 is 4.74 Å². The molecule has 100 valence electrons. The van der Waals surface area contributed by atoms with Crippen molar-refractivity contribution >= 4 is 27.7 Å². The predicted octanol–water partition coefficient (Wildman–Crippen LogP) is 2.47. The second-order valence-electron chi connectivity index (χ2n) is 4.11. The fraction of sp³-hybridized carbons (Fsp3) is 0.231. The van der Waals surface area contributed by atoms with Crippen molar-refractivity contribution in [1.29, 1.82) is 0 Å². The number of nitrogens with two attached hydrogens (primary N) is 1. The van der Waals surface area contributed by atoms with Gasteiger partial charge in [0.05, 0.1) is 7.11 Å². The second kappa shape index (κ2) is 5.88. The molecule has 0 saturated heterocycles. The van der Waals surface area contributed by atoms with Crippen molar-refractivity contribution in [3.8, 4) is 5.88 Å². The van der Waals surface area contributed by atoms with E-state index in [1.807, 2.05) is 24.1 Å². The predicted molar refractivity (Wildman–Crippen MR) is 79.2 cm³/mol. The number of hydrogen-bond donors (Lipinski definition) is 1. The van der Waals surface area contributed by atoms with E-state index >= 15 is 0 Å². The smallest absolute Gasteiger partial charge is 0.225 e. The highest BCUT2D eigenvalue weighted by atomic mass is 79.9. The molecule has 0 aliphatic heterocycles. The van der Waals surface area contributed by atoms with Crippen LogP contribution in [0.4, 0.5) is 11.8 Å². The molecule has 0 fully saturated rings. The van der Waals surface area contributed by atoms with Crippen LogP contribution in [0.2, 0.25) is 0 Å². The highest BCUT2D eigenvalue weighted by molar-refractivity contribution is 9.10. The second-order valence-corrected chi connectivity index (χ2v) is 5.02. The zero-order chi connectivity index (χ0) is 13.8. The van der Waals surface area contributed by atoms with Crippen molar-refractivity contribution in [3.05, 3.63) is 40.4 Å². The molecule has 0 spiro atoms. The Morgan fingerprint density at radius 1 is 1.26 bits per heavy atom. The summed E-state index contributed by atoms with van der Waals surface area (Å²) in [5, 5.41) is 0. The van der Waals surface area contributed by atoms with Gasteiger partial charge >= 0.3 is 0 Å². The third-order valence-electron chi connectivity index (χ3n) is 2.64. The van der Waals surface area contributed by atoms with E-state index in [9.17, 15) is 0 Å². The van der Waals surface area contributed by atoms with Crippen molar-refractivity contribution in [1.82, 2.24) is 9.97 Å². The minimum atomic E-state index is 0.206. The SMILES string of the molecule is COc1cc(N(C)Cc2ccc(Br)cc2)nc(N)n1. The highest BCUT2D eigenvalue weighted by Gasteiger charge is 2.08. The highest BCUT2D eigenvalue weighted by Crippen LogP contribution is 2.19. The summed E-state index contributed by atoms with van der Waals surface area (Å²) in [5.74, 6) is 1.40. The standard InChI is InChI=1S/C13H15BrN4O/c1-18(8-9-3-5-10(14)6-4-9)11-7-12(19-2)17-13(15)16-11/h3-7H,8H2,1-2H3,(H2,15,16,17). The summed E-state index contributed by atoms with van der Waals surface area (Å²) in [6.07, 6.45) is 0. The largest absolute Gasteiger partial charge is 0.481 e. The Bertz CT molecular complexity index is 559. The molecule has 2 aromatic rings. The van der Waals surface area contributed by atoms with Crippen molar-refractivity contribution in [3.63, 3.8) is 0 Å². The van der Waals surface area contributed by atoms with E-state index in [2.05, 4.69) is 38.0 Å². The van der Waals surface area contributed by atoms with Gasteiger partial charge in [-0.2, -0.15) is 9.97 Å². The summed E-state index contributed by atoms with van der Waals surface area (Å²) in [6, 6.07) is 9.90. The molecule has 5 nitrogen and oxygen atoms in total. The van der Waals surface area contributed by atoms with Crippen LogP contribution < -0.4 is 15.4 Å². The first-order valence-corrected chi connectivity index (χ1v) is 6.52. The minimum absolute atomic E-state index is 0.206. The Morgan fingerprint density at radius 2 is 1.95 bits per heavy atom. The van der Waals surface area contributed by atoms with Gasteiger partial charge in [0.25, 0.3) is 0 Å². The van der Waals surface area contributed by atoms with Crippen LogP contribution in [0.3, 0.4) is 0 Å². The van der Waals surface area contributed by atoms with Crippen molar-refractivity contribution in [2.24, 2.45) is 0 Å². The van der Waals surface area contributed by atoms with E-state index in [0.29, 0.717) is 5.88 Å². The number of aromatic nitrogens is 2. The molecule has 0 atom stereocenters. The van der Waals surface area contributed by atoms with Gasteiger partial charge in [-0.25, -0.2) is 0 Å². The molecule has 2 N–H and O–H groups in total. The molecule has 0 radical (unpaired) electrons. The zero-order valence-electron chi connectivity index (χ0n) is 10.8. The summed E-state index contributed by atoms with van der Waals surface area (Å²) in [5.41, 5.74) is 6.83. The molecule has 1 heterocycles.